The van der Waals surface area contributed by atoms with Crippen LogP contribution in [0.1, 0.15) is 19.9 Å². The topological polar surface area (TPSA) is 39.8 Å². The van der Waals surface area contributed by atoms with Crippen molar-refractivity contribution >= 4 is 11.0 Å². The summed E-state index contributed by atoms with van der Waals surface area (Å²) in [5.74, 6) is 0. The molecule has 0 radical (unpaired) electrons. The lowest BCUT2D eigenvalue weighted by atomic mass is 10.3. The highest BCUT2D eigenvalue weighted by Crippen LogP contribution is 2.14. The van der Waals surface area contributed by atoms with Crippen LogP contribution in [0.25, 0.3) is 11.0 Å². The Morgan fingerprint density at radius 1 is 1.36 bits per heavy atom. The maximum Gasteiger partial charge on any atom is 0.329 e. The summed E-state index contributed by atoms with van der Waals surface area (Å²) in [4.78, 5) is 15.8. The molecule has 2 aromatic heterocycles. The molecule has 0 aliphatic carbocycles. The minimum absolute atomic E-state index is 0.0167. The normalized spacial score (nSPS) is 11.4. The Labute approximate surface area is 81.8 Å². The molecule has 14 heavy (non-hydrogen) atoms. The van der Waals surface area contributed by atoms with Crippen LogP contribution in [0.3, 0.4) is 0 Å². The molecule has 74 valence electrons. The molecule has 2 heterocycles. The summed E-state index contributed by atoms with van der Waals surface area (Å²) >= 11 is 0. The highest BCUT2D eigenvalue weighted by atomic mass is 16.1. The molecular formula is C10H13N3O. The van der Waals surface area contributed by atoms with E-state index in [-0.39, 0.29) is 11.7 Å². The molecule has 0 spiro atoms. The number of imidazole rings is 1. The average molecular weight is 191 g/mol. The van der Waals surface area contributed by atoms with E-state index in [0.29, 0.717) is 0 Å². The van der Waals surface area contributed by atoms with Gasteiger partial charge in [0.1, 0.15) is 0 Å². The predicted molar refractivity (Wildman–Crippen MR) is 55.4 cm³/mol. The Hall–Kier alpha value is -1.58. The predicted octanol–water partition coefficient (Wildman–Crippen LogP) is 1.32. The summed E-state index contributed by atoms with van der Waals surface area (Å²) in [6.45, 7) is 4.00. The van der Waals surface area contributed by atoms with Crippen molar-refractivity contribution in [1.29, 1.82) is 0 Å². The Morgan fingerprint density at radius 2 is 2.07 bits per heavy atom. The molecule has 0 unspecified atom stereocenters. The molecule has 0 saturated heterocycles. The van der Waals surface area contributed by atoms with Gasteiger partial charge in [0, 0.05) is 19.3 Å². The van der Waals surface area contributed by atoms with Gasteiger partial charge in [-0.2, -0.15) is 0 Å². The van der Waals surface area contributed by atoms with Crippen LogP contribution in [0.4, 0.5) is 0 Å². The molecule has 0 fully saturated rings. The first kappa shape index (κ1) is 8.99. The van der Waals surface area contributed by atoms with Gasteiger partial charge in [0.15, 0.2) is 0 Å². The first-order chi connectivity index (χ1) is 6.63. The van der Waals surface area contributed by atoms with Crippen molar-refractivity contribution in [2.75, 3.05) is 0 Å². The van der Waals surface area contributed by atoms with Crippen molar-refractivity contribution in [3.8, 4) is 0 Å². The van der Waals surface area contributed by atoms with Gasteiger partial charge in [-0.05, 0) is 19.9 Å². The van der Waals surface area contributed by atoms with Gasteiger partial charge in [0.2, 0.25) is 0 Å². The molecule has 2 rings (SSSR count). The zero-order chi connectivity index (χ0) is 10.3. The summed E-state index contributed by atoms with van der Waals surface area (Å²) in [6.07, 6.45) is 3.43. The summed E-state index contributed by atoms with van der Waals surface area (Å²) < 4.78 is 3.40. The zero-order valence-corrected chi connectivity index (χ0v) is 8.56. The number of aryl methyl sites for hydroxylation is 1. The molecular weight excluding hydrogens is 178 g/mol. The van der Waals surface area contributed by atoms with Crippen LogP contribution in [0, 0.1) is 0 Å². The number of fused-ring (bicyclic) bond motifs is 1. The first-order valence-electron chi connectivity index (χ1n) is 4.64. The van der Waals surface area contributed by atoms with Gasteiger partial charge in [0.05, 0.1) is 17.2 Å². The number of pyridine rings is 1. The molecule has 0 N–H and O–H groups in total. The molecule has 0 aliphatic heterocycles. The van der Waals surface area contributed by atoms with Crippen molar-refractivity contribution in [1.82, 2.24) is 14.1 Å². The molecule has 0 aliphatic rings. The molecule has 2 aromatic rings. The minimum Gasteiger partial charge on any atom is -0.293 e. The van der Waals surface area contributed by atoms with Gasteiger partial charge >= 0.3 is 5.69 Å². The number of hydrogen-bond acceptors (Lipinski definition) is 2. The van der Waals surface area contributed by atoms with E-state index in [0.717, 1.165) is 11.0 Å². The fraction of sp³-hybridized carbons (Fsp3) is 0.400. The van der Waals surface area contributed by atoms with Crippen molar-refractivity contribution in [2.45, 2.75) is 19.9 Å². The maximum atomic E-state index is 11.8. The Balaban J connectivity index is 2.95. The molecule has 4 heteroatoms. The third-order valence-corrected chi connectivity index (χ3v) is 2.41. The van der Waals surface area contributed by atoms with Gasteiger partial charge in [-0.3, -0.25) is 14.1 Å². The number of aromatic nitrogens is 3. The van der Waals surface area contributed by atoms with Crippen molar-refractivity contribution < 1.29 is 0 Å². The number of nitrogens with zero attached hydrogens (tertiary/aromatic N) is 3. The summed E-state index contributed by atoms with van der Waals surface area (Å²) in [6, 6.07) is 2.05. The van der Waals surface area contributed by atoms with E-state index in [2.05, 4.69) is 4.98 Å². The lowest BCUT2D eigenvalue weighted by Gasteiger charge is -2.05. The van der Waals surface area contributed by atoms with Gasteiger partial charge in [-0.1, -0.05) is 0 Å². The maximum absolute atomic E-state index is 11.8. The van der Waals surface area contributed by atoms with E-state index in [4.69, 9.17) is 0 Å². The largest absolute Gasteiger partial charge is 0.329 e. The quantitative estimate of drug-likeness (QED) is 0.682. The second kappa shape index (κ2) is 2.97. The van der Waals surface area contributed by atoms with E-state index in [1.807, 2.05) is 19.9 Å². The standard InChI is InChI=1S/C10H13N3O/c1-7(2)13-8-4-5-11-6-9(8)12(3)10(13)14/h4-7H,1-3H3. The highest BCUT2D eigenvalue weighted by Gasteiger charge is 2.11. The third kappa shape index (κ3) is 1.07. The highest BCUT2D eigenvalue weighted by molar-refractivity contribution is 5.74. The third-order valence-electron chi connectivity index (χ3n) is 2.41. The van der Waals surface area contributed by atoms with Crippen LogP contribution in [-0.4, -0.2) is 14.1 Å². The second-order valence-corrected chi connectivity index (χ2v) is 3.67. The summed E-state index contributed by atoms with van der Waals surface area (Å²) in [7, 11) is 1.77. The van der Waals surface area contributed by atoms with Crippen LogP contribution in [-0.2, 0) is 7.05 Å². The average Bonchev–Trinajstić information content (AvgIpc) is 2.41. The van der Waals surface area contributed by atoms with Gasteiger partial charge in [0.25, 0.3) is 0 Å². The fourth-order valence-corrected chi connectivity index (χ4v) is 1.71. The van der Waals surface area contributed by atoms with Crippen LogP contribution in [0.15, 0.2) is 23.3 Å². The summed E-state index contributed by atoms with van der Waals surface area (Å²) in [5, 5.41) is 0. The Bertz CT molecular complexity index is 522. The van der Waals surface area contributed by atoms with E-state index in [9.17, 15) is 4.79 Å². The smallest absolute Gasteiger partial charge is 0.293 e. The van der Waals surface area contributed by atoms with Crippen molar-refractivity contribution in [3.05, 3.63) is 28.9 Å². The van der Waals surface area contributed by atoms with Gasteiger partial charge in [-0.25, -0.2) is 4.79 Å². The monoisotopic (exact) mass is 191 g/mol. The van der Waals surface area contributed by atoms with Gasteiger partial charge in [-0.15, -0.1) is 0 Å². The van der Waals surface area contributed by atoms with E-state index >= 15 is 0 Å². The van der Waals surface area contributed by atoms with E-state index in [1.54, 1.807) is 28.6 Å². The Morgan fingerprint density at radius 3 is 2.71 bits per heavy atom. The molecule has 0 aromatic carbocycles. The van der Waals surface area contributed by atoms with E-state index in [1.165, 1.54) is 0 Å². The number of hydrogen-bond donors (Lipinski definition) is 0. The Kier molecular flexibility index (Phi) is 1.91. The van der Waals surface area contributed by atoms with Crippen LogP contribution >= 0.6 is 0 Å². The lowest BCUT2D eigenvalue weighted by molar-refractivity contribution is 0.583. The molecule has 0 bridgehead atoms. The number of rotatable bonds is 1. The van der Waals surface area contributed by atoms with Crippen molar-refractivity contribution in [3.63, 3.8) is 0 Å². The first-order valence-corrected chi connectivity index (χ1v) is 4.64. The second-order valence-electron chi connectivity index (χ2n) is 3.67. The van der Waals surface area contributed by atoms with Crippen molar-refractivity contribution in [2.24, 2.45) is 7.05 Å². The fourth-order valence-electron chi connectivity index (χ4n) is 1.71. The SMILES string of the molecule is CC(C)n1c(=O)n(C)c2cnccc21. The molecule has 0 atom stereocenters. The van der Waals surface area contributed by atoms with E-state index < -0.39 is 0 Å². The van der Waals surface area contributed by atoms with Crippen LogP contribution < -0.4 is 5.69 Å². The zero-order valence-electron chi connectivity index (χ0n) is 8.56. The lowest BCUT2D eigenvalue weighted by Crippen LogP contribution is -2.23. The van der Waals surface area contributed by atoms with Crippen LogP contribution in [0.5, 0.6) is 0 Å². The minimum atomic E-state index is 0.0167. The molecule has 0 saturated carbocycles. The van der Waals surface area contributed by atoms with Crippen LogP contribution in [0.2, 0.25) is 0 Å². The molecule has 0 amide bonds. The van der Waals surface area contributed by atoms with Gasteiger partial charge < -0.3 is 0 Å². The molecule has 4 nitrogen and oxygen atoms in total. The summed E-state index contributed by atoms with van der Waals surface area (Å²) in [5.41, 5.74) is 1.84.